The van der Waals surface area contributed by atoms with Crippen molar-refractivity contribution in [2.45, 2.75) is 50.9 Å². The fourth-order valence-electron chi connectivity index (χ4n) is 2.46. The van der Waals surface area contributed by atoms with Gasteiger partial charge in [0, 0.05) is 13.5 Å². The fourth-order valence-corrected chi connectivity index (χ4v) is 2.46. The summed E-state index contributed by atoms with van der Waals surface area (Å²) >= 11 is 0. The number of rotatable bonds is 4. The molecule has 3 atom stereocenters. The van der Waals surface area contributed by atoms with Gasteiger partial charge in [-0.15, -0.1) is 0 Å². The highest BCUT2D eigenvalue weighted by Crippen LogP contribution is 2.26. The molecule has 0 aliphatic heterocycles. The highest BCUT2D eigenvalue weighted by atomic mass is 16.5. The molecule has 1 aromatic rings. The van der Waals surface area contributed by atoms with E-state index >= 15 is 0 Å². The second-order valence-corrected chi connectivity index (χ2v) is 5.01. The Morgan fingerprint density at radius 1 is 1.28 bits per heavy atom. The number of aliphatic hydroxyl groups excluding tert-OH is 1. The lowest BCUT2D eigenvalue weighted by atomic mass is 9.95. The smallest absolute Gasteiger partial charge is 0.120 e. The van der Waals surface area contributed by atoms with Crippen LogP contribution in [0.2, 0.25) is 0 Å². The lowest BCUT2D eigenvalue weighted by Gasteiger charge is -2.28. The lowest BCUT2D eigenvalue weighted by Crippen LogP contribution is -2.29. The Labute approximate surface area is 109 Å². The van der Waals surface area contributed by atoms with Crippen molar-refractivity contribution < 1.29 is 14.6 Å². The molecule has 0 bridgehead atoms. The molecule has 18 heavy (non-hydrogen) atoms. The lowest BCUT2D eigenvalue weighted by molar-refractivity contribution is 0.0209. The fraction of sp³-hybridized carbons (Fsp3) is 0.600. The van der Waals surface area contributed by atoms with E-state index in [1.54, 1.807) is 14.0 Å². The predicted octanol–water partition coefficient (Wildman–Crippen LogP) is 3.08. The second kappa shape index (κ2) is 6.21. The Balaban J connectivity index is 1.98. The summed E-state index contributed by atoms with van der Waals surface area (Å²) in [6.07, 6.45) is 4.42. The van der Waals surface area contributed by atoms with Gasteiger partial charge in [-0.05, 0) is 43.9 Å². The molecule has 0 radical (unpaired) electrons. The number of hydrogen-bond acceptors (Lipinski definition) is 3. The van der Waals surface area contributed by atoms with Crippen LogP contribution in [0.3, 0.4) is 0 Å². The van der Waals surface area contributed by atoms with Gasteiger partial charge < -0.3 is 14.6 Å². The van der Waals surface area contributed by atoms with Crippen LogP contribution in [0.15, 0.2) is 24.3 Å². The molecule has 1 N–H and O–H groups in total. The first-order valence-electron chi connectivity index (χ1n) is 6.66. The van der Waals surface area contributed by atoms with Crippen molar-refractivity contribution in [3.05, 3.63) is 29.8 Å². The molecule has 2 rings (SSSR count). The standard InChI is InChI=1S/C15H22O3/c1-11(16)12-5-3-7-14(9-12)18-15-8-4-6-13(10-15)17-2/h3,5,7,9,11,13,15-16H,4,6,8,10H2,1-2H3/t11-,13?,15?/m1/s1. The average Bonchev–Trinajstić information content (AvgIpc) is 2.39. The van der Waals surface area contributed by atoms with Crippen LogP contribution < -0.4 is 4.74 Å². The number of methoxy groups -OCH3 is 1. The summed E-state index contributed by atoms with van der Waals surface area (Å²) in [4.78, 5) is 0. The van der Waals surface area contributed by atoms with Crippen LogP contribution in [0.25, 0.3) is 0 Å². The van der Waals surface area contributed by atoms with E-state index in [1.807, 2.05) is 24.3 Å². The molecule has 0 heterocycles. The maximum Gasteiger partial charge on any atom is 0.120 e. The predicted molar refractivity (Wildman–Crippen MR) is 70.8 cm³/mol. The Hall–Kier alpha value is -1.06. The van der Waals surface area contributed by atoms with E-state index in [9.17, 15) is 5.11 Å². The molecule has 100 valence electrons. The van der Waals surface area contributed by atoms with E-state index in [0.717, 1.165) is 37.0 Å². The Bertz CT molecular complexity index is 376. The first kappa shape index (κ1) is 13.4. The molecular weight excluding hydrogens is 228 g/mol. The molecule has 1 aliphatic rings. The van der Waals surface area contributed by atoms with E-state index in [2.05, 4.69) is 0 Å². The van der Waals surface area contributed by atoms with Gasteiger partial charge in [-0.1, -0.05) is 12.1 Å². The largest absolute Gasteiger partial charge is 0.490 e. The summed E-state index contributed by atoms with van der Waals surface area (Å²) in [7, 11) is 1.76. The molecule has 1 aliphatic carbocycles. The summed E-state index contributed by atoms with van der Waals surface area (Å²) in [5, 5.41) is 9.56. The average molecular weight is 250 g/mol. The second-order valence-electron chi connectivity index (χ2n) is 5.01. The van der Waals surface area contributed by atoms with Crippen LogP contribution in [0.4, 0.5) is 0 Å². The van der Waals surface area contributed by atoms with E-state index in [4.69, 9.17) is 9.47 Å². The molecule has 0 spiro atoms. The van der Waals surface area contributed by atoms with Gasteiger partial charge in [0.2, 0.25) is 0 Å². The Morgan fingerprint density at radius 2 is 2.06 bits per heavy atom. The zero-order chi connectivity index (χ0) is 13.0. The molecule has 3 nitrogen and oxygen atoms in total. The third-order valence-electron chi connectivity index (χ3n) is 3.55. The minimum absolute atomic E-state index is 0.230. The van der Waals surface area contributed by atoms with E-state index < -0.39 is 6.10 Å². The van der Waals surface area contributed by atoms with Crippen molar-refractivity contribution in [2.24, 2.45) is 0 Å². The number of hydrogen-bond donors (Lipinski definition) is 1. The Kier molecular flexibility index (Phi) is 4.61. The summed E-state index contributed by atoms with van der Waals surface area (Å²) in [6, 6.07) is 7.70. The maximum absolute atomic E-state index is 9.56. The monoisotopic (exact) mass is 250 g/mol. The molecule has 1 fully saturated rings. The summed E-state index contributed by atoms with van der Waals surface area (Å²) in [5.41, 5.74) is 0.895. The highest BCUT2D eigenvalue weighted by Gasteiger charge is 2.23. The zero-order valence-electron chi connectivity index (χ0n) is 11.1. The van der Waals surface area contributed by atoms with Gasteiger partial charge in [0.05, 0.1) is 12.2 Å². The Morgan fingerprint density at radius 3 is 2.78 bits per heavy atom. The van der Waals surface area contributed by atoms with Gasteiger partial charge in [-0.3, -0.25) is 0 Å². The highest BCUT2D eigenvalue weighted by molar-refractivity contribution is 5.29. The van der Waals surface area contributed by atoms with Crippen LogP contribution in [0.1, 0.15) is 44.3 Å². The quantitative estimate of drug-likeness (QED) is 0.892. The molecule has 0 amide bonds. The third-order valence-corrected chi connectivity index (χ3v) is 3.55. The molecule has 0 saturated heterocycles. The van der Waals surface area contributed by atoms with Crippen molar-refractivity contribution in [2.75, 3.05) is 7.11 Å². The molecule has 1 aromatic carbocycles. The first-order chi connectivity index (χ1) is 8.69. The van der Waals surface area contributed by atoms with Crippen LogP contribution in [-0.2, 0) is 4.74 Å². The van der Waals surface area contributed by atoms with Crippen molar-refractivity contribution in [3.63, 3.8) is 0 Å². The van der Waals surface area contributed by atoms with Gasteiger partial charge >= 0.3 is 0 Å². The number of ether oxygens (including phenoxy) is 2. The van der Waals surface area contributed by atoms with Gasteiger partial charge in [-0.25, -0.2) is 0 Å². The minimum Gasteiger partial charge on any atom is -0.490 e. The first-order valence-corrected chi connectivity index (χ1v) is 6.66. The normalized spacial score (nSPS) is 25.7. The maximum atomic E-state index is 9.56. The van der Waals surface area contributed by atoms with Crippen molar-refractivity contribution in [1.82, 2.24) is 0 Å². The zero-order valence-corrected chi connectivity index (χ0v) is 11.1. The summed E-state index contributed by atoms with van der Waals surface area (Å²) in [6.45, 7) is 1.76. The van der Waals surface area contributed by atoms with Crippen molar-refractivity contribution >= 4 is 0 Å². The summed E-state index contributed by atoms with van der Waals surface area (Å²) < 4.78 is 11.4. The minimum atomic E-state index is -0.452. The molecule has 2 unspecified atom stereocenters. The van der Waals surface area contributed by atoms with Crippen LogP contribution in [-0.4, -0.2) is 24.4 Å². The molecular formula is C15H22O3. The molecule has 1 saturated carbocycles. The van der Waals surface area contributed by atoms with Gasteiger partial charge in [-0.2, -0.15) is 0 Å². The van der Waals surface area contributed by atoms with Crippen LogP contribution >= 0.6 is 0 Å². The van der Waals surface area contributed by atoms with E-state index in [1.165, 1.54) is 0 Å². The molecule has 0 aromatic heterocycles. The van der Waals surface area contributed by atoms with E-state index in [0.29, 0.717) is 6.10 Å². The topological polar surface area (TPSA) is 38.7 Å². The SMILES string of the molecule is COC1CCCC(Oc2cccc([C@@H](C)O)c2)C1. The van der Waals surface area contributed by atoms with Gasteiger partial charge in [0.25, 0.3) is 0 Å². The van der Waals surface area contributed by atoms with Crippen LogP contribution in [0.5, 0.6) is 5.75 Å². The van der Waals surface area contributed by atoms with Gasteiger partial charge in [0.1, 0.15) is 11.9 Å². The van der Waals surface area contributed by atoms with Gasteiger partial charge in [0.15, 0.2) is 0 Å². The third kappa shape index (κ3) is 3.47. The number of benzene rings is 1. The molecule has 3 heteroatoms. The van der Waals surface area contributed by atoms with Crippen molar-refractivity contribution in [1.29, 1.82) is 0 Å². The van der Waals surface area contributed by atoms with Crippen LogP contribution in [0, 0.1) is 0 Å². The van der Waals surface area contributed by atoms with E-state index in [-0.39, 0.29) is 6.10 Å². The number of aliphatic hydroxyl groups is 1. The summed E-state index contributed by atoms with van der Waals surface area (Å²) in [5.74, 6) is 0.843. The van der Waals surface area contributed by atoms with Crippen molar-refractivity contribution in [3.8, 4) is 5.75 Å².